The van der Waals surface area contributed by atoms with E-state index < -0.39 is 40.8 Å². The molecule has 0 amide bonds. The van der Waals surface area contributed by atoms with Crippen LogP contribution in [0.4, 0.5) is 0 Å². The van der Waals surface area contributed by atoms with Crippen LogP contribution >= 0.6 is 0 Å². The Balaban J connectivity index is 2.17. The van der Waals surface area contributed by atoms with E-state index in [0.717, 1.165) is 12.1 Å². The van der Waals surface area contributed by atoms with E-state index in [9.17, 15) is 28.8 Å². The molecule has 0 heterocycles. The molecule has 0 fully saturated rings. The first-order chi connectivity index (χ1) is 10.4. The molecule has 0 atom stereocenters. The largest absolute Gasteiger partial charge is 0.302 e. The maximum atomic E-state index is 12.2. The highest BCUT2D eigenvalue weighted by Gasteiger charge is 2.46. The molecule has 2 aliphatic carbocycles. The molecule has 1 aromatic carbocycles. The summed E-state index contributed by atoms with van der Waals surface area (Å²) in [6, 6.07) is 2.33. The minimum Gasteiger partial charge on any atom is -0.302 e. The molecule has 0 saturated carbocycles. The lowest BCUT2D eigenvalue weighted by Crippen LogP contribution is -2.24. The summed E-state index contributed by atoms with van der Waals surface area (Å²) < 4.78 is 0. The van der Waals surface area contributed by atoms with Crippen molar-refractivity contribution in [3.63, 3.8) is 0 Å². The first-order valence-corrected chi connectivity index (χ1v) is 6.75. The number of hydrogen-bond donors (Lipinski definition) is 0. The molecular formula is C16H10O6. The van der Waals surface area contributed by atoms with Gasteiger partial charge in [0.05, 0.1) is 0 Å². The van der Waals surface area contributed by atoms with Gasteiger partial charge in [-0.1, -0.05) is 6.92 Å². The lowest BCUT2D eigenvalue weighted by Gasteiger charge is -2.02. The number of benzene rings is 1. The number of ketones is 5. The Morgan fingerprint density at radius 3 is 1.68 bits per heavy atom. The second-order valence-electron chi connectivity index (χ2n) is 5.27. The van der Waals surface area contributed by atoms with Crippen molar-refractivity contribution in [1.82, 2.24) is 0 Å². The highest BCUT2D eigenvalue weighted by molar-refractivity contribution is 6.38. The molecule has 0 radical (unpaired) electrons. The number of hydrogen-bond acceptors (Lipinski definition) is 6. The van der Waals surface area contributed by atoms with Crippen LogP contribution in [0.3, 0.4) is 0 Å². The summed E-state index contributed by atoms with van der Waals surface area (Å²) >= 11 is 0. The second-order valence-corrected chi connectivity index (χ2v) is 5.27. The minimum atomic E-state index is -1.41. The average molecular weight is 298 g/mol. The van der Waals surface area contributed by atoms with Crippen molar-refractivity contribution in [3.8, 4) is 0 Å². The van der Waals surface area contributed by atoms with E-state index in [1.165, 1.54) is 0 Å². The summed E-state index contributed by atoms with van der Waals surface area (Å²) in [4.78, 5) is 71.0. The molecule has 6 nitrogen and oxygen atoms in total. The molecule has 22 heavy (non-hydrogen) atoms. The number of Topliss-reactive ketones (excluding diaryl/α,β-unsaturated/α-hetero) is 5. The molecule has 0 N–H and O–H groups in total. The van der Waals surface area contributed by atoms with Gasteiger partial charge in [0, 0.05) is 28.7 Å². The van der Waals surface area contributed by atoms with Crippen molar-refractivity contribution >= 4 is 35.2 Å². The summed E-state index contributed by atoms with van der Waals surface area (Å²) in [5.74, 6) is -5.93. The van der Waals surface area contributed by atoms with E-state index in [2.05, 4.69) is 0 Å². The highest BCUT2D eigenvalue weighted by atomic mass is 16.2. The zero-order chi connectivity index (χ0) is 16.2. The van der Waals surface area contributed by atoms with Gasteiger partial charge in [-0.15, -0.1) is 0 Å². The topological polar surface area (TPSA) is 102 Å². The van der Waals surface area contributed by atoms with Crippen molar-refractivity contribution in [3.05, 3.63) is 34.4 Å². The van der Waals surface area contributed by atoms with Crippen LogP contribution in [0, 0.1) is 11.8 Å². The molecule has 110 valence electrons. The number of carbonyl (C=O) groups is 6. The molecule has 0 unspecified atom stereocenters. The lowest BCUT2D eigenvalue weighted by molar-refractivity contribution is -0.120. The minimum absolute atomic E-state index is 0.0248. The standard InChI is InChI=1S/C16H10O6/c1-2-11(18)12-15(21)8-3-6-7(4-9(8)16(12)22)14(20)10(5-17)13(6)19/h3-5,10,12H,2H2,1H3. The third-order valence-corrected chi connectivity index (χ3v) is 4.12. The van der Waals surface area contributed by atoms with Crippen LogP contribution in [-0.2, 0) is 9.59 Å². The predicted octanol–water partition coefficient (Wildman–Crippen LogP) is 0.855. The molecule has 6 heteroatoms. The smallest absolute Gasteiger partial charge is 0.181 e. The Bertz CT molecular complexity index is 746. The molecule has 3 rings (SSSR count). The first kappa shape index (κ1) is 14.2. The highest BCUT2D eigenvalue weighted by Crippen LogP contribution is 2.35. The van der Waals surface area contributed by atoms with Gasteiger partial charge in [-0.2, -0.15) is 0 Å². The van der Waals surface area contributed by atoms with Crippen LogP contribution in [0.15, 0.2) is 12.1 Å². The van der Waals surface area contributed by atoms with Gasteiger partial charge < -0.3 is 4.79 Å². The number of rotatable bonds is 3. The maximum Gasteiger partial charge on any atom is 0.181 e. The fourth-order valence-corrected chi connectivity index (χ4v) is 2.92. The summed E-state index contributed by atoms with van der Waals surface area (Å²) in [5.41, 5.74) is -0.121. The van der Waals surface area contributed by atoms with E-state index in [0.29, 0.717) is 0 Å². The number of fused-ring (bicyclic) bond motifs is 2. The molecule has 0 aromatic heterocycles. The van der Waals surface area contributed by atoms with Crippen LogP contribution in [0.25, 0.3) is 0 Å². The number of aldehydes is 1. The van der Waals surface area contributed by atoms with E-state index >= 15 is 0 Å². The fraction of sp³-hybridized carbons (Fsp3) is 0.250. The van der Waals surface area contributed by atoms with Gasteiger partial charge in [0.25, 0.3) is 0 Å². The molecular weight excluding hydrogens is 288 g/mol. The van der Waals surface area contributed by atoms with Gasteiger partial charge in [0.2, 0.25) is 0 Å². The number of carbonyl (C=O) groups excluding carboxylic acids is 6. The Labute approximate surface area is 124 Å². The Kier molecular flexibility index (Phi) is 2.98. The molecule has 2 aliphatic rings. The van der Waals surface area contributed by atoms with Gasteiger partial charge in [-0.25, -0.2) is 0 Å². The van der Waals surface area contributed by atoms with E-state index in [4.69, 9.17) is 0 Å². The Hall–Kier alpha value is -2.76. The zero-order valence-electron chi connectivity index (χ0n) is 11.5. The van der Waals surface area contributed by atoms with Gasteiger partial charge in [-0.05, 0) is 12.1 Å². The van der Waals surface area contributed by atoms with Crippen LogP contribution in [0.1, 0.15) is 54.8 Å². The van der Waals surface area contributed by atoms with Gasteiger partial charge in [0.15, 0.2) is 28.9 Å². The monoisotopic (exact) mass is 298 g/mol. The zero-order valence-corrected chi connectivity index (χ0v) is 11.5. The Morgan fingerprint density at radius 1 is 0.909 bits per heavy atom. The van der Waals surface area contributed by atoms with Crippen molar-refractivity contribution in [2.24, 2.45) is 11.8 Å². The van der Waals surface area contributed by atoms with Crippen LogP contribution in [0.5, 0.6) is 0 Å². The van der Waals surface area contributed by atoms with Crippen LogP contribution in [0.2, 0.25) is 0 Å². The summed E-state index contributed by atoms with van der Waals surface area (Å²) in [6.45, 7) is 1.55. The van der Waals surface area contributed by atoms with E-state index in [1.807, 2.05) is 0 Å². The van der Waals surface area contributed by atoms with E-state index in [1.54, 1.807) is 6.92 Å². The van der Waals surface area contributed by atoms with E-state index in [-0.39, 0.29) is 35.0 Å². The third kappa shape index (κ3) is 1.60. The second kappa shape index (κ2) is 4.62. The molecule has 0 saturated heterocycles. The third-order valence-electron chi connectivity index (χ3n) is 4.12. The average Bonchev–Trinajstić information content (AvgIpc) is 2.90. The molecule has 0 aliphatic heterocycles. The first-order valence-electron chi connectivity index (χ1n) is 6.75. The van der Waals surface area contributed by atoms with Crippen molar-refractivity contribution < 1.29 is 28.8 Å². The van der Waals surface area contributed by atoms with Gasteiger partial charge >= 0.3 is 0 Å². The normalized spacial score (nSPS) is 17.9. The quantitative estimate of drug-likeness (QED) is 0.605. The van der Waals surface area contributed by atoms with Crippen LogP contribution in [-0.4, -0.2) is 35.2 Å². The fourth-order valence-electron chi connectivity index (χ4n) is 2.92. The summed E-state index contributed by atoms with van der Waals surface area (Å²) in [5, 5.41) is 0. The molecule has 0 bridgehead atoms. The van der Waals surface area contributed by atoms with Gasteiger partial charge in [-0.3, -0.25) is 24.0 Å². The SMILES string of the molecule is CCC(=O)C1C(=O)c2cc3c(cc2C1=O)C(=O)C(C=O)C3=O. The predicted molar refractivity (Wildman–Crippen MR) is 72.1 cm³/mol. The Morgan fingerprint density at radius 2 is 1.32 bits per heavy atom. The van der Waals surface area contributed by atoms with Crippen molar-refractivity contribution in [1.29, 1.82) is 0 Å². The van der Waals surface area contributed by atoms with Crippen molar-refractivity contribution in [2.45, 2.75) is 13.3 Å². The van der Waals surface area contributed by atoms with Crippen molar-refractivity contribution in [2.75, 3.05) is 0 Å². The molecule has 1 aromatic rings. The molecule has 0 spiro atoms. The lowest BCUT2D eigenvalue weighted by atomic mass is 9.97. The summed E-state index contributed by atoms with van der Waals surface area (Å²) in [6.07, 6.45) is 0.295. The van der Waals surface area contributed by atoms with Crippen LogP contribution < -0.4 is 0 Å². The summed E-state index contributed by atoms with van der Waals surface area (Å²) in [7, 11) is 0. The maximum absolute atomic E-state index is 12.2. The van der Waals surface area contributed by atoms with Gasteiger partial charge in [0.1, 0.15) is 18.1 Å².